The van der Waals surface area contributed by atoms with Crippen LogP contribution in [0.2, 0.25) is 0 Å². The SMILES string of the molecule is CCNC(c1ccc(OC)cc1)C1CCc2cccnc21. The highest BCUT2D eigenvalue weighted by Crippen LogP contribution is 2.40. The fourth-order valence-electron chi connectivity index (χ4n) is 3.29. The quantitative estimate of drug-likeness (QED) is 0.911. The van der Waals surface area contributed by atoms with Crippen LogP contribution in [0.25, 0.3) is 0 Å². The summed E-state index contributed by atoms with van der Waals surface area (Å²) in [4.78, 5) is 4.64. The summed E-state index contributed by atoms with van der Waals surface area (Å²) < 4.78 is 5.26. The molecule has 3 nitrogen and oxygen atoms in total. The minimum Gasteiger partial charge on any atom is -0.497 e. The third-order valence-corrected chi connectivity index (χ3v) is 4.30. The Morgan fingerprint density at radius 3 is 2.81 bits per heavy atom. The topological polar surface area (TPSA) is 34.1 Å². The Morgan fingerprint density at radius 1 is 1.29 bits per heavy atom. The summed E-state index contributed by atoms with van der Waals surface area (Å²) >= 11 is 0. The molecule has 2 atom stereocenters. The summed E-state index contributed by atoms with van der Waals surface area (Å²) in [5.41, 5.74) is 3.97. The van der Waals surface area contributed by atoms with Gasteiger partial charge in [-0.2, -0.15) is 0 Å². The van der Waals surface area contributed by atoms with Gasteiger partial charge in [-0.05, 0) is 48.7 Å². The molecule has 21 heavy (non-hydrogen) atoms. The summed E-state index contributed by atoms with van der Waals surface area (Å²) in [6, 6.07) is 13.0. The first kappa shape index (κ1) is 14.1. The van der Waals surface area contributed by atoms with Gasteiger partial charge in [0.05, 0.1) is 7.11 Å². The molecule has 1 aromatic carbocycles. The normalized spacial score (nSPS) is 18.3. The van der Waals surface area contributed by atoms with Gasteiger partial charge >= 0.3 is 0 Å². The number of likely N-dealkylation sites (N-methyl/N-ethyl adjacent to an activating group) is 1. The Morgan fingerprint density at radius 2 is 2.10 bits per heavy atom. The number of hydrogen-bond acceptors (Lipinski definition) is 3. The van der Waals surface area contributed by atoms with Crippen LogP contribution < -0.4 is 10.1 Å². The third kappa shape index (κ3) is 2.79. The number of hydrogen-bond donors (Lipinski definition) is 1. The zero-order valence-electron chi connectivity index (χ0n) is 12.7. The Labute approximate surface area is 126 Å². The van der Waals surface area contributed by atoms with Crippen LogP contribution in [0.4, 0.5) is 0 Å². The fraction of sp³-hybridized carbons (Fsp3) is 0.389. The van der Waals surface area contributed by atoms with Gasteiger partial charge in [-0.1, -0.05) is 25.1 Å². The highest BCUT2D eigenvalue weighted by atomic mass is 16.5. The molecule has 1 aliphatic carbocycles. The second kappa shape index (κ2) is 6.27. The van der Waals surface area contributed by atoms with Crippen LogP contribution in [0.15, 0.2) is 42.6 Å². The predicted octanol–water partition coefficient (Wildman–Crippen LogP) is 3.47. The highest BCUT2D eigenvalue weighted by molar-refractivity contribution is 5.35. The van der Waals surface area contributed by atoms with Crippen molar-refractivity contribution >= 4 is 0 Å². The molecular weight excluding hydrogens is 260 g/mol. The van der Waals surface area contributed by atoms with Crippen molar-refractivity contribution in [1.82, 2.24) is 10.3 Å². The van der Waals surface area contributed by atoms with Gasteiger partial charge in [0, 0.05) is 23.9 Å². The second-order valence-corrected chi connectivity index (χ2v) is 5.50. The molecule has 2 unspecified atom stereocenters. The number of nitrogens with one attached hydrogen (secondary N) is 1. The average molecular weight is 282 g/mol. The maximum atomic E-state index is 5.26. The van der Waals surface area contributed by atoms with E-state index in [2.05, 4.69) is 35.4 Å². The number of rotatable bonds is 5. The molecule has 110 valence electrons. The first-order valence-corrected chi connectivity index (χ1v) is 7.64. The zero-order chi connectivity index (χ0) is 14.7. The molecule has 3 rings (SSSR count). The number of pyridine rings is 1. The average Bonchev–Trinajstić information content (AvgIpc) is 2.97. The number of methoxy groups -OCH3 is 1. The molecule has 0 amide bonds. The van der Waals surface area contributed by atoms with E-state index in [4.69, 9.17) is 4.74 Å². The van der Waals surface area contributed by atoms with Crippen molar-refractivity contribution in [2.75, 3.05) is 13.7 Å². The lowest BCUT2D eigenvalue weighted by molar-refractivity contribution is 0.413. The van der Waals surface area contributed by atoms with Crippen LogP contribution in [0, 0.1) is 0 Å². The number of benzene rings is 1. The third-order valence-electron chi connectivity index (χ3n) is 4.30. The lowest BCUT2D eigenvalue weighted by atomic mass is 9.90. The van der Waals surface area contributed by atoms with Crippen LogP contribution in [0.1, 0.15) is 42.1 Å². The number of ether oxygens (including phenoxy) is 1. The molecule has 0 aliphatic heterocycles. The van der Waals surface area contributed by atoms with Gasteiger partial charge in [0.25, 0.3) is 0 Å². The molecule has 1 heterocycles. The van der Waals surface area contributed by atoms with E-state index in [-0.39, 0.29) is 0 Å². The summed E-state index contributed by atoms with van der Waals surface area (Å²) in [7, 11) is 1.70. The molecule has 0 saturated carbocycles. The van der Waals surface area contributed by atoms with Gasteiger partial charge in [-0.25, -0.2) is 0 Å². The van der Waals surface area contributed by atoms with Gasteiger partial charge in [0.15, 0.2) is 0 Å². The Kier molecular flexibility index (Phi) is 4.20. The Balaban J connectivity index is 1.91. The van der Waals surface area contributed by atoms with Crippen LogP contribution in [0.5, 0.6) is 5.75 Å². The molecule has 0 radical (unpaired) electrons. The Bertz CT molecular complexity index is 594. The molecule has 0 bridgehead atoms. The van der Waals surface area contributed by atoms with Crippen molar-refractivity contribution < 1.29 is 4.74 Å². The van der Waals surface area contributed by atoms with Crippen LogP contribution >= 0.6 is 0 Å². The van der Waals surface area contributed by atoms with Crippen molar-refractivity contribution in [3.63, 3.8) is 0 Å². The van der Waals surface area contributed by atoms with Crippen molar-refractivity contribution in [2.24, 2.45) is 0 Å². The summed E-state index contributed by atoms with van der Waals surface area (Å²) in [6.45, 7) is 3.11. The molecule has 1 N–H and O–H groups in total. The number of fused-ring (bicyclic) bond motifs is 1. The molecule has 1 aliphatic rings. The Hall–Kier alpha value is -1.87. The second-order valence-electron chi connectivity index (χ2n) is 5.50. The zero-order valence-corrected chi connectivity index (χ0v) is 12.7. The predicted molar refractivity (Wildman–Crippen MR) is 84.7 cm³/mol. The molecule has 0 spiro atoms. The minimum absolute atomic E-state index is 0.317. The summed E-state index contributed by atoms with van der Waals surface area (Å²) in [5.74, 6) is 1.36. The van der Waals surface area contributed by atoms with E-state index >= 15 is 0 Å². The molecule has 0 saturated heterocycles. The van der Waals surface area contributed by atoms with Gasteiger partial charge in [0.1, 0.15) is 5.75 Å². The lowest BCUT2D eigenvalue weighted by Gasteiger charge is -2.25. The highest BCUT2D eigenvalue weighted by Gasteiger charge is 2.31. The molecule has 3 heteroatoms. The standard InChI is InChI=1S/C18H22N2O/c1-3-19-17(14-6-9-15(21-2)10-7-14)16-11-8-13-5-4-12-20-18(13)16/h4-7,9-10,12,16-17,19H,3,8,11H2,1-2H3. The van der Waals surface area contributed by atoms with Crippen LogP contribution in [0.3, 0.4) is 0 Å². The smallest absolute Gasteiger partial charge is 0.118 e. The van der Waals surface area contributed by atoms with E-state index in [1.165, 1.54) is 16.8 Å². The first-order chi connectivity index (χ1) is 10.3. The summed E-state index contributed by atoms with van der Waals surface area (Å²) in [5, 5.41) is 3.64. The fourth-order valence-corrected chi connectivity index (χ4v) is 3.29. The van der Waals surface area contributed by atoms with Crippen LogP contribution in [-0.4, -0.2) is 18.6 Å². The van der Waals surface area contributed by atoms with E-state index in [9.17, 15) is 0 Å². The molecule has 1 aromatic heterocycles. The van der Waals surface area contributed by atoms with Crippen molar-refractivity contribution in [3.05, 3.63) is 59.4 Å². The van der Waals surface area contributed by atoms with Gasteiger partial charge < -0.3 is 10.1 Å². The first-order valence-electron chi connectivity index (χ1n) is 7.64. The maximum absolute atomic E-state index is 5.26. The van der Waals surface area contributed by atoms with Crippen molar-refractivity contribution in [1.29, 1.82) is 0 Å². The number of aryl methyl sites for hydroxylation is 1. The monoisotopic (exact) mass is 282 g/mol. The number of nitrogens with zero attached hydrogens (tertiary/aromatic N) is 1. The maximum Gasteiger partial charge on any atom is 0.118 e. The van der Waals surface area contributed by atoms with E-state index < -0.39 is 0 Å². The van der Waals surface area contributed by atoms with Crippen LogP contribution in [-0.2, 0) is 6.42 Å². The van der Waals surface area contributed by atoms with E-state index in [1.54, 1.807) is 7.11 Å². The van der Waals surface area contributed by atoms with Crippen molar-refractivity contribution in [3.8, 4) is 5.75 Å². The van der Waals surface area contributed by atoms with Gasteiger partial charge in [0.2, 0.25) is 0 Å². The largest absolute Gasteiger partial charge is 0.497 e. The van der Waals surface area contributed by atoms with E-state index in [0.717, 1.165) is 25.1 Å². The number of aromatic nitrogens is 1. The molecular formula is C18H22N2O. The molecule has 0 fully saturated rings. The minimum atomic E-state index is 0.317. The van der Waals surface area contributed by atoms with Gasteiger partial charge in [-0.15, -0.1) is 0 Å². The molecule has 2 aromatic rings. The lowest BCUT2D eigenvalue weighted by Crippen LogP contribution is -2.26. The summed E-state index contributed by atoms with van der Waals surface area (Å²) in [6.07, 6.45) is 4.20. The van der Waals surface area contributed by atoms with Crippen molar-refractivity contribution in [2.45, 2.75) is 31.7 Å². The van der Waals surface area contributed by atoms with E-state index in [1.807, 2.05) is 24.4 Å². The van der Waals surface area contributed by atoms with Gasteiger partial charge in [-0.3, -0.25) is 4.98 Å². The van der Waals surface area contributed by atoms with E-state index in [0.29, 0.717) is 12.0 Å².